The fraction of sp³-hybridized carbons (Fsp3) is 0.692. The molecule has 0 N–H and O–H groups in total. The molecular weight excluding hydrogens is 282 g/mol. The summed E-state index contributed by atoms with van der Waals surface area (Å²) in [6.45, 7) is 3.42. The molecule has 8 nitrogen and oxygen atoms in total. The number of esters is 3. The minimum Gasteiger partial charge on any atom is -0.463 e. The van der Waals surface area contributed by atoms with Gasteiger partial charge in [-0.2, -0.15) is 5.26 Å². The lowest BCUT2D eigenvalue weighted by Gasteiger charge is -2.38. The second kappa shape index (κ2) is 7.59. The molecule has 0 amide bonds. The van der Waals surface area contributed by atoms with Gasteiger partial charge in [-0.3, -0.25) is 14.4 Å². The Bertz CT molecular complexity index is 456. The molecule has 0 bridgehead atoms. The Morgan fingerprint density at radius 2 is 1.76 bits per heavy atom. The molecule has 1 aliphatic heterocycles. The maximum absolute atomic E-state index is 11.2. The predicted molar refractivity (Wildman–Crippen MR) is 66.6 cm³/mol. The Morgan fingerprint density at radius 1 is 1.14 bits per heavy atom. The van der Waals surface area contributed by atoms with Gasteiger partial charge in [-0.1, -0.05) is 0 Å². The zero-order valence-corrected chi connectivity index (χ0v) is 12.0. The SMILES string of the molecule is CC(=O)OC[C@H]1O[C@@H](C#N)C[C@@H](OC(C)=O)[C@H]1OC(C)=O. The highest BCUT2D eigenvalue weighted by Gasteiger charge is 2.43. The van der Waals surface area contributed by atoms with Gasteiger partial charge in [0.1, 0.15) is 24.9 Å². The second-order valence-electron chi connectivity index (χ2n) is 4.55. The van der Waals surface area contributed by atoms with E-state index in [1.54, 1.807) is 0 Å². The molecule has 8 heteroatoms. The Morgan fingerprint density at radius 3 is 2.24 bits per heavy atom. The highest BCUT2D eigenvalue weighted by Crippen LogP contribution is 2.26. The van der Waals surface area contributed by atoms with E-state index in [-0.39, 0.29) is 13.0 Å². The first-order chi connectivity index (χ1) is 9.83. The molecule has 116 valence electrons. The highest BCUT2D eigenvalue weighted by molar-refractivity contribution is 5.67. The van der Waals surface area contributed by atoms with Gasteiger partial charge in [0.15, 0.2) is 6.10 Å². The van der Waals surface area contributed by atoms with Crippen LogP contribution < -0.4 is 0 Å². The Labute approximate surface area is 121 Å². The van der Waals surface area contributed by atoms with Crippen molar-refractivity contribution in [1.82, 2.24) is 0 Å². The van der Waals surface area contributed by atoms with E-state index in [1.165, 1.54) is 20.8 Å². The molecule has 0 saturated carbocycles. The molecule has 1 fully saturated rings. The van der Waals surface area contributed by atoms with Crippen LogP contribution in [0.5, 0.6) is 0 Å². The third-order valence-electron chi connectivity index (χ3n) is 2.73. The van der Waals surface area contributed by atoms with Crippen LogP contribution in [-0.2, 0) is 33.3 Å². The first-order valence-electron chi connectivity index (χ1n) is 6.36. The quantitative estimate of drug-likeness (QED) is 0.530. The molecule has 0 aromatic heterocycles. The van der Waals surface area contributed by atoms with Gasteiger partial charge in [0.2, 0.25) is 0 Å². The van der Waals surface area contributed by atoms with E-state index in [1.807, 2.05) is 6.07 Å². The summed E-state index contributed by atoms with van der Waals surface area (Å²) in [6.07, 6.45) is -3.41. The molecule has 1 heterocycles. The van der Waals surface area contributed by atoms with Crippen molar-refractivity contribution in [3.63, 3.8) is 0 Å². The van der Waals surface area contributed by atoms with Crippen LogP contribution in [0.2, 0.25) is 0 Å². The van der Waals surface area contributed by atoms with Gasteiger partial charge < -0.3 is 18.9 Å². The number of carbonyl (C=O) groups is 3. The fourth-order valence-corrected chi connectivity index (χ4v) is 2.02. The number of ether oxygens (including phenoxy) is 4. The standard InChI is InChI=1S/C13H17NO7/c1-7(15)18-6-12-13(20-9(3)17)11(19-8(2)16)4-10(5-14)21-12/h10-13H,4,6H2,1-3H3/t10-,11-,12-,13-/m1/s1. The minimum absolute atomic E-state index is 0.0740. The number of carbonyl (C=O) groups excluding carboxylic acids is 3. The normalized spacial score (nSPS) is 28.1. The Kier molecular flexibility index (Phi) is 6.11. The third-order valence-corrected chi connectivity index (χ3v) is 2.73. The molecule has 0 unspecified atom stereocenters. The van der Waals surface area contributed by atoms with Crippen molar-refractivity contribution in [3.05, 3.63) is 0 Å². The molecule has 0 radical (unpaired) electrons. The molecule has 0 aliphatic carbocycles. The number of rotatable bonds is 4. The van der Waals surface area contributed by atoms with Crippen molar-refractivity contribution in [2.45, 2.75) is 51.6 Å². The van der Waals surface area contributed by atoms with Gasteiger partial charge in [0, 0.05) is 27.2 Å². The monoisotopic (exact) mass is 299 g/mol. The van der Waals surface area contributed by atoms with Gasteiger partial charge in [-0.25, -0.2) is 0 Å². The van der Waals surface area contributed by atoms with E-state index in [9.17, 15) is 14.4 Å². The maximum atomic E-state index is 11.2. The van der Waals surface area contributed by atoms with Gasteiger partial charge in [0.25, 0.3) is 0 Å². The zero-order valence-electron chi connectivity index (χ0n) is 12.0. The van der Waals surface area contributed by atoms with Gasteiger partial charge in [-0.15, -0.1) is 0 Å². The average Bonchev–Trinajstić information content (AvgIpc) is 2.37. The number of hydrogen-bond acceptors (Lipinski definition) is 8. The summed E-state index contributed by atoms with van der Waals surface area (Å²) in [4.78, 5) is 33.2. The van der Waals surface area contributed by atoms with E-state index >= 15 is 0 Å². The van der Waals surface area contributed by atoms with Crippen LogP contribution in [0.4, 0.5) is 0 Å². The molecular formula is C13H17NO7. The first kappa shape index (κ1) is 16.9. The van der Waals surface area contributed by atoms with Crippen LogP contribution in [-0.4, -0.2) is 48.9 Å². The molecule has 1 rings (SSSR count). The maximum Gasteiger partial charge on any atom is 0.303 e. The molecule has 21 heavy (non-hydrogen) atoms. The minimum atomic E-state index is -0.935. The van der Waals surface area contributed by atoms with E-state index in [2.05, 4.69) is 0 Å². The summed E-state index contributed by atoms with van der Waals surface area (Å²) in [6, 6.07) is 1.90. The highest BCUT2D eigenvalue weighted by atomic mass is 16.6. The second-order valence-corrected chi connectivity index (χ2v) is 4.55. The number of hydrogen-bond donors (Lipinski definition) is 0. The van der Waals surface area contributed by atoms with Gasteiger partial charge in [-0.05, 0) is 0 Å². The molecule has 4 atom stereocenters. The van der Waals surface area contributed by atoms with Crippen molar-refractivity contribution in [3.8, 4) is 6.07 Å². The van der Waals surface area contributed by atoms with Crippen LogP contribution in [0.1, 0.15) is 27.2 Å². The predicted octanol–water partition coefficient (Wildman–Crippen LogP) is 0.0940. The fourth-order valence-electron chi connectivity index (χ4n) is 2.02. The molecule has 1 aliphatic rings. The molecule has 0 aromatic rings. The average molecular weight is 299 g/mol. The summed E-state index contributed by atoms with van der Waals surface area (Å²) in [5.74, 6) is -1.70. The van der Waals surface area contributed by atoms with Gasteiger partial charge in [0.05, 0.1) is 6.07 Å². The Hall–Kier alpha value is -2.14. The Balaban J connectivity index is 2.90. The summed E-state index contributed by atoms with van der Waals surface area (Å²) in [5, 5.41) is 8.98. The lowest BCUT2D eigenvalue weighted by molar-refractivity contribution is -0.208. The summed E-state index contributed by atoms with van der Waals surface area (Å²) < 4.78 is 20.4. The summed E-state index contributed by atoms with van der Waals surface area (Å²) >= 11 is 0. The van der Waals surface area contributed by atoms with Crippen LogP contribution in [0.25, 0.3) is 0 Å². The summed E-state index contributed by atoms with van der Waals surface area (Å²) in [7, 11) is 0. The van der Waals surface area contributed by atoms with Crippen LogP contribution in [0.15, 0.2) is 0 Å². The van der Waals surface area contributed by atoms with E-state index in [0.29, 0.717) is 0 Å². The smallest absolute Gasteiger partial charge is 0.303 e. The topological polar surface area (TPSA) is 112 Å². The first-order valence-corrected chi connectivity index (χ1v) is 6.36. The van der Waals surface area contributed by atoms with Crippen molar-refractivity contribution >= 4 is 17.9 Å². The van der Waals surface area contributed by atoms with E-state index in [0.717, 1.165) is 0 Å². The van der Waals surface area contributed by atoms with Crippen molar-refractivity contribution in [1.29, 1.82) is 5.26 Å². The summed E-state index contributed by atoms with van der Waals surface area (Å²) in [5.41, 5.74) is 0. The van der Waals surface area contributed by atoms with Crippen molar-refractivity contribution in [2.24, 2.45) is 0 Å². The number of nitriles is 1. The number of nitrogens with zero attached hydrogens (tertiary/aromatic N) is 1. The van der Waals surface area contributed by atoms with Gasteiger partial charge >= 0.3 is 17.9 Å². The largest absolute Gasteiger partial charge is 0.463 e. The zero-order chi connectivity index (χ0) is 16.0. The third kappa shape index (κ3) is 5.39. The van der Waals surface area contributed by atoms with Crippen LogP contribution >= 0.6 is 0 Å². The molecule has 0 aromatic carbocycles. The van der Waals surface area contributed by atoms with Crippen LogP contribution in [0, 0.1) is 11.3 Å². The molecule has 1 saturated heterocycles. The van der Waals surface area contributed by atoms with Crippen molar-refractivity contribution < 1.29 is 33.3 Å². The van der Waals surface area contributed by atoms with Crippen molar-refractivity contribution in [2.75, 3.05) is 6.61 Å². The lowest BCUT2D eigenvalue weighted by atomic mass is 9.98. The molecule has 0 spiro atoms. The van der Waals surface area contributed by atoms with Crippen LogP contribution in [0.3, 0.4) is 0 Å². The lowest BCUT2D eigenvalue weighted by Crippen LogP contribution is -2.53. The van der Waals surface area contributed by atoms with E-state index < -0.39 is 42.3 Å². The van der Waals surface area contributed by atoms with E-state index in [4.69, 9.17) is 24.2 Å².